The van der Waals surface area contributed by atoms with E-state index in [9.17, 15) is 13.2 Å². The third kappa shape index (κ3) is 3.22. The Bertz CT molecular complexity index is 969. The fourth-order valence-corrected chi connectivity index (χ4v) is 3.21. The van der Waals surface area contributed by atoms with E-state index in [0.29, 0.717) is 17.0 Å². The largest absolute Gasteiger partial charge is 0.477 e. The van der Waals surface area contributed by atoms with Crippen molar-refractivity contribution in [2.45, 2.75) is 31.3 Å². The van der Waals surface area contributed by atoms with Crippen LogP contribution in [0, 0.1) is 6.92 Å². The minimum atomic E-state index is -3.33. The van der Waals surface area contributed by atoms with Crippen LogP contribution in [0.5, 0.6) is 0 Å². The average Bonchev–Trinajstić information content (AvgIpc) is 2.78. The molecule has 3 rings (SSSR count). The van der Waals surface area contributed by atoms with E-state index in [1.165, 1.54) is 12.3 Å². The molecule has 0 radical (unpaired) electrons. The van der Waals surface area contributed by atoms with Gasteiger partial charge in [0.2, 0.25) is 5.78 Å². The molecular formula is C19H19NO4S. The van der Waals surface area contributed by atoms with Crippen molar-refractivity contribution in [2.75, 3.05) is 6.26 Å². The number of carbonyl (C=O) groups excluding carboxylic acids is 1. The molecule has 0 saturated heterocycles. The Morgan fingerprint density at radius 3 is 2.20 bits per heavy atom. The number of ether oxygens (including phenoxy) is 1. The van der Waals surface area contributed by atoms with Crippen LogP contribution in [0.1, 0.15) is 30.7 Å². The second-order valence-electron chi connectivity index (χ2n) is 6.66. The highest BCUT2D eigenvalue weighted by Gasteiger charge is 2.43. The number of aryl methyl sites for hydroxylation is 1. The summed E-state index contributed by atoms with van der Waals surface area (Å²) in [6.07, 6.45) is 2.41. The number of carbonyl (C=O) groups is 1. The predicted molar refractivity (Wildman–Crippen MR) is 95.5 cm³/mol. The van der Waals surface area contributed by atoms with Crippen LogP contribution in [-0.2, 0) is 19.4 Å². The highest BCUT2D eigenvalue weighted by molar-refractivity contribution is 7.90. The Morgan fingerprint density at radius 2 is 1.68 bits per heavy atom. The standard InChI is InChI=1S/C19H19NO4S/c1-12-5-7-13(8-6-12)16-17(24-19(2,3)18(16)21)15-10-9-14(11-20-15)25(4,22)23/h5-11H,1-4H3. The zero-order chi connectivity index (χ0) is 18.4. The summed E-state index contributed by atoms with van der Waals surface area (Å²) in [5, 5.41) is 0. The number of aromatic nitrogens is 1. The number of benzene rings is 1. The van der Waals surface area contributed by atoms with Crippen LogP contribution in [0.25, 0.3) is 11.3 Å². The second-order valence-corrected chi connectivity index (χ2v) is 8.68. The Balaban J connectivity index is 2.15. The van der Waals surface area contributed by atoms with Gasteiger partial charge in [-0.2, -0.15) is 0 Å². The number of nitrogens with zero attached hydrogens (tertiary/aromatic N) is 1. The topological polar surface area (TPSA) is 73.3 Å². The first-order valence-corrected chi connectivity index (χ1v) is 9.70. The Kier molecular flexibility index (Phi) is 4.03. The lowest BCUT2D eigenvalue weighted by atomic mass is 9.93. The van der Waals surface area contributed by atoms with Gasteiger partial charge in [0.15, 0.2) is 21.2 Å². The highest BCUT2D eigenvalue weighted by atomic mass is 32.2. The van der Waals surface area contributed by atoms with E-state index in [4.69, 9.17) is 4.74 Å². The minimum Gasteiger partial charge on any atom is -0.477 e. The van der Waals surface area contributed by atoms with Gasteiger partial charge in [0.1, 0.15) is 5.69 Å². The van der Waals surface area contributed by atoms with Crippen molar-refractivity contribution < 1.29 is 17.9 Å². The molecule has 1 aliphatic rings. The van der Waals surface area contributed by atoms with Crippen LogP contribution in [0.3, 0.4) is 0 Å². The molecule has 0 amide bonds. The van der Waals surface area contributed by atoms with Gasteiger partial charge in [-0.25, -0.2) is 8.42 Å². The van der Waals surface area contributed by atoms with Crippen molar-refractivity contribution in [2.24, 2.45) is 0 Å². The zero-order valence-corrected chi connectivity index (χ0v) is 15.3. The van der Waals surface area contributed by atoms with Crippen molar-refractivity contribution in [1.82, 2.24) is 4.98 Å². The van der Waals surface area contributed by atoms with E-state index < -0.39 is 15.4 Å². The van der Waals surface area contributed by atoms with E-state index >= 15 is 0 Å². The Hall–Kier alpha value is -2.47. The van der Waals surface area contributed by atoms with Gasteiger partial charge >= 0.3 is 0 Å². The van der Waals surface area contributed by atoms with Crippen molar-refractivity contribution in [1.29, 1.82) is 0 Å². The molecule has 1 aromatic carbocycles. The highest BCUT2D eigenvalue weighted by Crippen LogP contribution is 2.40. The molecule has 0 spiro atoms. The molecule has 2 aromatic rings. The lowest BCUT2D eigenvalue weighted by Gasteiger charge is -2.17. The van der Waals surface area contributed by atoms with Crippen molar-refractivity contribution in [3.05, 3.63) is 59.4 Å². The van der Waals surface area contributed by atoms with E-state index in [2.05, 4.69) is 4.98 Å². The number of hydrogen-bond donors (Lipinski definition) is 0. The molecule has 5 nitrogen and oxygen atoms in total. The van der Waals surface area contributed by atoms with E-state index in [1.807, 2.05) is 31.2 Å². The fraction of sp³-hybridized carbons (Fsp3) is 0.263. The average molecular weight is 357 g/mol. The van der Waals surface area contributed by atoms with Gasteiger partial charge in [-0.3, -0.25) is 9.78 Å². The van der Waals surface area contributed by atoms with Crippen LogP contribution >= 0.6 is 0 Å². The molecule has 2 heterocycles. The van der Waals surface area contributed by atoms with Crippen LogP contribution in [0.15, 0.2) is 47.5 Å². The SMILES string of the molecule is Cc1ccc(C2=C(c3ccc(S(C)(=O)=O)cn3)OC(C)(C)C2=O)cc1. The first kappa shape index (κ1) is 17.4. The lowest BCUT2D eigenvalue weighted by Crippen LogP contribution is -2.29. The molecule has 25 heavy (non-hydrogen) atoms. The quantitative estimate of drug-likeness (QED) is 0.844. The molecule has 0 bridgehead atoms. The zero-order valence-electron chi connectivity index (χ0n) is 14.5. The Morgan fingerprint density at radius 1 is 1.04 bits per heavy atom. The van der Waals surface area contributed by atoms with Gasteiger partial charge in [0, 0.05) is 12.5 Å². The maximum absolute atomic E-state index is 12.8. The van der Waals surface area contributed by atoms with E-state index in [0.717, 1.165) is 17.4 Å². The Labute approximate surface area is 147 Å². The summed E-state index contributed by atoms with van der Waals surface area (Å²) >= 11 is 0. The number of rotatable bonds is 3. The lowest BCUT2D eigenvalue weighted by molar-refractivity contribution is -0.125. The summed E-state index contributed by atoms with van der Waals surface area (Å²) < 4.78 is 29.1. The summed E-state index contributed by atoms with van der Waals surface area (Å²) in [6.45, 7) is 5.39. The third-order valence-electron chi connectivity index (χ3n) is 4.10. The van der Waals surface area contributed by atoms with Gasteiger partial charge < -0.3 is 4.74 Å². The number of hydrogen-bond acceptors (Lipinski definition) is 5. The third-order valence-corrected chi connectivity index (χ3v) is 5.19. The summed E-state index contributed by atoms with van der Waals surface area (Å²) in [5.41, 5.74) is 1.75. The molecule has 0 atom stereocenters. The van der Waals surface area contributed by atoms with Gasteiger partial charge in [0.25, 0.3) is 0 Å². The van der Waals surface area contributed by atoms with Crippen LogP contribution in [0.4, 0.5) is 0 Å². The van der Waals surface area contributed by atoms with Gasteiger partial charge in [-0.15, -0.1) is 0 Å². The predicted octanol–water partition coefficient (Wildman–Crippen LogP) is 3.04. The molecule has 0 fully saturated rings. The molecule has 0 saturated carbocycles. The molecule has 0 unspecified atom stereocenters. The molecule has 0 aliphatic carbocycles. The van der Waals surface area contributed by atoms with Gasteiger partial charge in [-0.05, 0) is 38.5 Å². The second kappa shape index (κ2) is 5.81. The van der Waals surface area contributed by atoms with Crippen LogP contribution < -0.4 is 0 Å². The van der Waals surface area contributed by atoms with Gasteiger partial charge in [-0.1, -0.05) is 29.8 Å². The summed E-state index contributed by atoms with van der Waals surface area (Å²) in [5.74, 6) is 0.249. The maximum atomic E-state index is 12.8. The molecule has 130 valence electrons. The normalized spacial score (nSPS) is 16.9. The smallest absolute Gasteiger partial charge is 0.210 e. The molecular weight excluding hydrogens is 338 g/mol. The minimum absolute atomic E-state index is 0.123. The molecule has 1 aliphatic heterocycles. The first-order valence-electron chi connectivity index (χ1n) is 7.81. The van der Waals surface area contributed by atoms with Crippen molar-refractivity contribution in [3.8, 4) is 0 Å². The van der Waals surface area contributed by atoms with Crippen LogP contribution in [-0.4, -0.2) is 31.0 Å². The molecule has 6 heteroatoms. The number of ketones is 1. The first-order chi connectivity index (χ1) is 11.6. The molecule has 1 aromatic heterocycles. The van der Waals surface area contributed by atoms with Crippen LogP contribution in [0.2, 0.25) is 0 Å². The fourth-order valence-electron chi connectivity index (χ4n) is 2.65. The monoisotopic (exact) mass is 357 g/mol. The number of pyridine rings is 1. The maximum Gasteiger partial charge on any atom is 0.210 e. The van der Waals surface area contributed by atoms with Crippen molar-refractivity contribution in [3.63, 3.8) is 0 Å². The van der Waals surface area contributed by atoms with Crippen molar-refractivity contribution >= 4 is 27.0 Å². The van der Waals surface area contributed by atoms with E-state index in [1.54, 1.807) is 19.9 Å². The number of sulfone groups is 1. The molecule has 0 N–H and O–H groups in total. The summed E-state index contributed by atoms with van der Waals surface area (Å²) in [4.78, 5) is 17.1. The van der Waals surface area contributed by atoms with E-state index in [-0.39, 0.29) is 10.7 Å². The summed E-state index contributed by atoms with van der Waals surface area (Å²) in [7, 11) is -3.33. The van der Waals surface area contributed by atoms with Gasteiger partial charge in [0.05, 0.1) is 10.5 Å². The summed E-state index contributed by atoms with van der Waals surface area (Å²) in [6, 6.07) is 10.6. The number of Topliss-reactive ketones (excluding diaryl/α,β-unsaturated/α-hetero) is 1.